The molecule has 0 aromatic heterocycles. The van der Waals surface area contributed by atoms with Gasteiger partial charge in [-0.2, -0.15) is 0 Å². The van der Waals surface area contributed by atoms with Crippen molar-refractivity contribution in [2.75, 3.05) is 39.9 Å². The molecule has 7 nitrogen and oxygen atoms in total. The molecule has 2 heterocycles. The van der Waals surface area contributed by atoms with E-state index in [0.717, 1.165) is 16.7 Å². The van der Waals surface area contributed by atoms with E-state index in [1.165, 1.54) is 4.90 Å². The van der Waals surface area contributed by atoms with Gasteiger partial charge in [0, 0.05) is 26.2 Å². The summed E-state index contributed by atoms with van der Waals surface area (Å²) in [6, 6.07) is 18.0. The normalized spacial score (nSPS) is 17.3. The molecule has 0 N–H and O–H groups in total. The molecule has 2 aliphatic heterocycles. The molecule has 2 aromatic rings. The number of hydrogen-bond donors (Lipinski definition) is 0. The van der Waals surface area contributed by atoms with E-state index in [4.69, 9.17) is 4.74 Å². The fourth-order valence-electron chi connectivity index (χ4n) is 4.41. The predicted octanol–water partition coefficient (Wildman–Crippen LogP) is 2.80. The molecule has 7 heteroatoms. The van der Waals surface area contributed by atoms with Gasteiger partial charge < -0.3 is 14.5 Å². The van der Waals surface area contributed by atoms with E-state index in [1.807, 2.05) is 35.2 Å². The quantitative estimate of drug-likeness (QED) is 0.627. The van der Waals surface area contributed by atoms with Gasteiger partial charge >= 0.3 is 6.03 Å². The molecule has 2 saturated heterocycles. The summed E-state index contributed by atoms with van der Waals surface area (Å²) in [4.78, 5) is 42.4. The third-order valence-electron chi connectivity index (χ3n) is 6.28. The summed E-state index contributed by atoms with van der Waals surface area (Å²) in [6.07, 6.45) is 1.75. The number of urea groups is 1. The number of imide groups is 1. The van der Waals surface area contributed by atoms with Crippen molar-refractivity contribution < 1.29 is 19.1 Å². The van der Waals surface area contributed by atoms with Gasteiger partial charge in [-0.1, -0.05) is 54.6 Å². The Hall–Kier alpha value is -3.19. The van der Waals surface area contributed by atoms with E-state index < -0.39 is 0 Å². The highest BCUT2D eigenvalue weighted by atomic mass is 16.5. The topological polar surface area (TPSA) is 70.2 Å². The summed E-state index contributed by atoms with van der Waals surface area (Å²) in [6.45, 7) is 1.94. The smallest absolute Gasteiger partial charge is 0.327 e. The Bertz CT molecular complexity index is 953. The lowest BCUT2D eigenvalue weighted by atomic mass is 10.0. The Balaban J connectivity index is 1.28. The van der Waals surface area contributed by atoms with Crippen LogP contribution in [0.3, 0.4) is 0 Å². The van der Waals surface area contributed by atoms with Gasteiger partial charge in [-0.15, -0.1) is 0 Å². The van der Waals surface area contributed by atoms with Gasteiger partial charge in [0.1, 0.15) is 6.54 Å². The predicted molar refractivity (Wildman–Crippen MR) is 121 cm³/mol. The maximum atomic E-state index is 12.8. The average molecular weight is 436 g/mol. The largest absolute Gasteiger partial charge is 0.383 e. The number of ether oxygens (including phenoxy) is 1. The van der Waals surface area contributed by atoms with Crippen LogP contribution >= 0.6 is 0 Å². The molecule has 2 aliphatic rings. The zero-order valence-electron chi connectivity index (χ0n) is 18.4. The standard InChI is InChI=1S/C25H29N3O4/c1-32-16-15-27-24(30)18-28(25(27)31)22-11-13-26(14-12-22)23(29)17-19-7-9-21(10-8-19)20-5-3-2-4-6-20/h2-10,22H,11-18H2,1H3. The van der Waals surface area contributed by atoms with Crippen molar-refractivity contribution in [1.29, 1.82) is 0 Å². The second kappa shape index (κ2) is 9.96. The number of benzene rings is 2. The van der Waals surface area contributed by atoms with E-state index in [-0.39, 0.29) is 37.0 Å². The van der Waals surface area contributed by atoms with Gasteiger partial charge in [-0.05, 0) is 29.5 Å². The van der Waals surface area contributed by atoms with E-state index in [2.05, 4.69) is 24.3 Å². The summed E-state index contributed by atoms with van der Waals surface area (Å²) in [5, 5.41) is 0. The summed E-state index contributed by atoms with van der Waals surface area (Å²) < 4.78 is 4.99. The second-order valence-corrected chi connectivity index (χ2v) is 8.30. The van der Waals surface area contributed by atoms with Crippen molar-refractivity contribution in [2.45, 2.75) is 25.3 Å². The Kier molecular flexibility index (Phi) is 6.85. The van der Waals surface area contributed by atoms with Gasteiger partial charge in [-0.25, -0.2) is 4.79 Å². The lowest BCUT2D eigenvalue weighted by Crippen LogP contribution is -2.48. The Morgan fingerprint density at radius 3 is 2.28 bits per heavy atom. The number of carbonyl (C=O) groups excluding carboxylic acids is 3. The van der Waals surface area contributed by atoms with Crippen molar-refractivity contribution in [3.63, 3.8) is 0 Å². The molecule has 0 saturated carbocycles. The third-order valence-corrected chi connectivity index (χ3v) is 6.28. The molecule has 0 spiro atoms. The Morgan fingerprint density at radius 2 is 1.62 bits per heavy atom. The van der Waals surface area contributed by atoms with Gasteiger partial charge in [0.25, 0.3) is 0 Å². The van der Waals surface area contributed by atoms with Gasteiger partial charge in [-0.3, -0.25) is 14.5 Å². The van der Waals surface area contributed by atoms with E-state index >= 15 is 0 Å². The van der Waals surface area contributed by atoms with Crippen LogP contribution in [-0.2, 0) is 20.7 Å². The minimum absolute atomic E-state index is 0.00630. The molecule has 0 radical (unpaired) electrons. The van der Waals surface area contributed by atoms with Crippen LogP contribution in [0.2, 0.25) is 0 Å². The van der Waals surface area contributed by atoms with Crippen LogP contribution in [0.25, 0.3) is 11.1 Å². The lowest BCUT2D eigenvalue weighted by Gasteiger charge is -2.36. The first-order valence-corrected chi connectivity index (χ1v) is 11.1. The molecule has 4 rings (SSSR count). The van der Waals surface area contributed by atoms with Crippen molar-refractivity contribution in [3.8, 4) is 11.1 Å². The second-order valence-electron chi connectivity index (χ2n) is 8.30. The maximum Gasteiger partial charge on any atom is 0.327 e. The zero-order chi connectivity index (χ0) is 22.5. The van der Waals surface area contributed by atoms with Crippen LogP contribution in [0, 0.1) is 0 Å². The molecule has 0 aliphatic carbocycles. The summed E-state index contributed by atoms with van der Waals surface area (Å²) >= 11 is 0. The molecule has 2 fully saturated rings. The number of carbonyl (C=O) groups is 3. The maximum absolute atomic E-state index is 12.8. The molecule has 2 aromatic carbocycles. The summed E-state index contributed by atoms with van der Waals surface area (Å²) in [7, 11) is 1.55. The monoisotopic (exact) mass is 435 g/mol. The highest BCUT2D eigenvalue weighted by Gasteiger charge is 2.40. The average Bonchev–Trinajstić information content (AvgIpc) is 3.12. The number of rotatable bonds is 7. The summed E-state index contributed by atoms with van der Waals surface area (Å²) in [5.41, 5.74) is 3.28. The first-order valence-electron chi connectivity index (χ1n) is 11.1. The molecule has 0 unspecified atom stereocenters. The Morgan fingerprint density at radius 1 is 0.969 bits per heavy atom. The number of piperidine rings is 1. The number of methoxy groups -OCH3 is 1. The zero-order valence-corrected chi connectivity index (χ0v) is 18.4. The van der Waals surface area contributed by atoms with Gasteiger partial charge in [0.15, 0.2) is 0 Å². The van der Waals surface area contributed by atoms with Crippen LogP contribution < -0.4 is 0 Å². The number of nitrogens with zero attached hydrogens (tertiary/aromatic N) is 3. The van der Waals surface area contributed by atoms with Crippen molar-refractivity contribution >= 4 is 17.8 Å². The number of amides is 4. The van der Waals surface area contributed by atoms with E-state index in [0.29, 0.717) is 39.0 Å². The highest BCUT2D eigenvalue weighted by molar-refractivity contribution is 6.02. The minimum atomic E-state index is -0.240. The lowest BCUT2D eigenvalue weighted by molar-refractivity contribution is -0.132. The first-order chi connectivity index (χ1) is 15.6. The van der Waals surface area contributed by atoms with Gasteiger partial charge in [0.2, 0.25) is 11.8 Å². The number of likely N-dealkylation sites (tertiary alicyclic amines) is 1. The highest BCUT2D eigenvalue weighted by Crippen LogP contribution is 2.23. The van der Waals surface area contributed by atoms with E-state index in [9.17, 15) is 14.4 Å². The fraction of sp³-hybridized carbons (Fsp3) is 0.400. The fourth-order valence-corrected chi connectivity index (χ4v) is 4.41. The van der Waals surface area contributed by atoms with E-state index in [1.54, 1.807) is 12.0 Å². The number of hydrogen-bond acceptors (Lipinski definition) is 4. The molecular weight excluding hydrogens is 406 g/mol. The molecule has 0 bridgehead atoms. The first kappa shape index (κ1) is 22.0. The SMILES string of the molecule is COCCN1C(=O)CN(C2CCN(C(=O)Cc3ccc(-c4ccccc4)cc3)CC2)C1=O. The Labute approximate surface area is 188 Å². The van der Waals surface area contributed by atoms with Gasteiger partial charge in [0.05, 0.1) is 19.6 Å². The summed E-state index contributed by atoms with van der Waals surface area (Å²) in [5.74, 6) is -0.0778. The molecule has 0 atom stereocenters. The molecule has 32 heavy (non-hydrogen) atoms. The molecular formula is C25H29N3O4. The third kappa shape index (κ3) is 4.83. The van der Waals surface area contributed by atoms with Crippen LogP contribution in [-0.4, -0.2) is 78.5 Å². The minimum Gasteiger partial charge on any atom is -0.383 e. The van der Waals surface area contributed by atoms with Crippen LogP contribution in [0.4, 0.5) is 4.79 Å². The molecule has 168 valence electrons. The van der Waals surface area contributed by atoms with Crippen LogP contribution in [0.15, 0.2) is 54.6 Å². The molecule has 4 amide bonds. The van der Waals surface area contributed by atoms with Crippen LogP contribution in [0.1, 0.15) is 18.4 Å². The van der Waals surface area contributed by atoms with Crippen molar-refractivity contribution in [3.05, 3.63) is 60.2 Å². The van der Waals surface area contributed by atoms with Crippen molar-refractivity contribution in [1.82, 2.24) is 14.7 Å². The van der Waals surface area contributed by atoms with Crippen molar-refractivity contribution in [2.24, 2.45) is 0 Å². The van der Waals surface area contributed by atoms with Crippen LogP contribution in [0.5, 0.6) is 0 Å².